The van der Waals surface area contributed by atoms with Crippen LogP contribution in [-0.4, -0.2) is 37.2 Å². The van der Waals surface area contributed by atoms with Gasteiger partial charge in [0, 0.05) is 19.3 Å². The third-order valence-corrected chi connectivity index (χ3v) is 12.8. The molecule has 62 heavy (non-hydrogen) atoms. The molecule has 0 unspecified atom stereocenters. The van der Waals surface area contributed by atoms with E-state index in [-0.39, 0.29) is 31.1 Å². The zero-order valence-electron chi connectivity index (χ0n) is 42.3. The predicted molar refractivity (Wildman–Crippen MR) is 266 cm³/mol. The third-order valence-electron chi connectivity index (χ3n) is 12.8. The van der Waals surface area contributed by atoms with E-state index in [1.54, 1.807) is 0 Å². The lowest BCUT2D eigenvalue weighted by atomic mass is 10.0. The van der Waals surface area contributed by atoms with Gasteiger partial charge in [0.15, 0.2) is 6.10 Å². The lowest BCUT2D eigenvalue weighted by Gasteiger charge is -2.18. The molecule has 0 aliphatic heterocycles. The smallest absolute Gasteiger partial charge is 0.306 e. The van der Waals surface area contributed by atoms with E-state index < -0.39 is 6.10 Å². The van der Waals surface area contributed by atoms with Crippen LogP contribution in [0, 0.1) is 5.92 Å². The molecule has 0 radical (unpaired) electrons. The molecule has 0 aliphatic rings. The number of rotatable bonds is 51. The van der Waals surface area contributed by atoms with E-state index in [1.165, 1.54) is 212 Å². The summed E-state index contributed by atoms with van der Waals surface area (Å²) in [4.78, 5) is 38.0. The van der Waals surface area contributed by atoms with Crippen LogP contribution in [0.4, 0.5) is 0 Å². The quantitative estimate of drug-likeness (QED) is 0.0344. The van der Waals surface area contributed by atoms with Gasteiger partial charge in [-0.25, -0.2) is 0 Å². The molecule has 6 heteroatoms. The van der Waals surface area contributed by atoms with Gasteiger partial charge in [0.1, 0.15) is 13.2 Å². The molecule has 0 amide bonds. The van der Waals surface area contributed by atoms with Crippen molar-refractivity contribution in [3.63, 3.8) is 0 Å². The molecule has 0 aromatic heterocycles. The molecule has 0 fully saturated rings. The standard InChI is InChI=1S/C56H108O6/c1-5-7-9-11-13-15-17-18-21-26-29-33-37-41-45-49-56(59)62-53(50-60-54(57)47-43-39-35-31-16-14-12-10-8-6-2)51-61-55(58)48-44-40-36-32-28-25-23-20-19-22-24-27-30-34-38-42-46-52(3)4/h52-53H,5-51H2,1-4H3/t53-/m0/s1. The Morgan fingerprint density at radius 2 is 0.532 bits per heavy atom. The first-order valence-electron chi connectivity index (χ1n) is 27.9. The highest BCUT2D eigenvalue weighted by Crippen LogP contribution is 2.18. The normalized spacial score (nSPS) is 12.0. The summed E-state index contributed by atoms with van der Waals surface area (Å²) in [7, 11) is 0. The van der Waals surface area contributed by atoms with Gasteiger partial charge in [-0.15, -0.1) is 0 Å². The van der Waals surface area contributed by atoms with E-state index in [9.17, 15) is 14.4 Å². The summed E-state index contributed by atoms with van der Waals surface area (Å²) in [5, 5.41) is 0. The molecule has 0 saturated heterocycles. The molecule has 0 aromatic carbocycles. The van der Waals surface area contributed by atoms with Crippen LogP contribution < -0.4 is 0 Å². The second-order valence-electron chi connectivity index (χ2n) is 19.7. The van der Waals surface area contributed by atoms with Crippen LogP contribution in [-0.2, 0) is 28.6 Å². The van der Waals surface area contributed by atoms with Gasteiger partial charge in [-0.3, -0.25) is 14.4 Å². The minimum atomic E-state index is -0.760. The summed E-state index contributed by atoms with van der Waals surface area (Å²) >= 11 is 0. The van der Waals surface area contributed by atoms with Crippen molar-refractivity contribution in [3.05, 3.63) is 0 Å². The van der Waals surface area contributed by atoms with Gasteiger partial charge in [-0.05, 0) is 25.2 Å². The minimum absolute atomic E-state index is 0.0621. The topological polar surface area (TPSA) is 78.9 Å². The molecular formula is C56H108O6. The monoisotopic (exact) mass is 877 g/mol. The summed E-state index contributed by atoms with van der Waals surface area (Å²) in [5.74, 6) is 0.0133. The second-order valence-corrected chi connectivity index (χ2v) is 19.7. The molecule has 368 valence electrons. The first-order valence-corrected chi connectivity index (χ1v) is 27.9. The fraction of sp³-hybridized carbons (Fsp3) is 0.946. The number of hydrogen-bond acceptors (Lipinski definition) is 6. The molecule has 0 spiro atoms. The predicted octanol–water partition coefficient (Wildman–Crippen LogP) is 18.2. The summed E-state index contributed by atoms with van der Waals surface area (Å²) in [6, 6.07) is 0. The van der Waals surface area contributed by atoms with Crippen LogP contribution in [0.5, 0.6) is 0 Å². The highest BCUT2D eigenvalue weighted by molar-refractivity contribution is 5.71. The molecule has 0 N–H and O–H groups in total. The summed E-state index contributed by atoms with van der Waals surface area (Å²) in [6.07, 6.45) is 53.8. The molecule has 0 bridgehead atoms. The summed E-state index contributed by atoms with van der Waals surface area (Å²) in [6.45, 7) is 9.05. The Balaban J connectivity index is 4.23. The maximum absolute atomic E-state index is 12.8. The molecule has 1 atom stereocenters. The number of ether oxygens (including phenoxy) is 3. The number of hydrogen-bond donors (Lipinski definition) is 0. The minimum Gasteiger partial charge on any atom is -0.462 e. The molecule has 0 aromatic rings. The van der Waals surface area contributed by atoms with Crippen molar-refractivity contribution in [1.82, 2.24) is 0 Å². The van der Waals surface area contributed by atoms with Crippen molar-refractivity contribution in [2.24, 2.45) is 5.92 Å². The Morgan fingerprint density at radius 1 is 0.306 bits per heavy atom. The number of unbranched alkanes of at least 4 members (excludes halogenated alkanes) is 38. The van der Waals surface area contributed by atoms with Crippen molar-refractivity contribution in [2.75, 3.05) is 13.2 Å². The first-order chi connectivity index (χ1) is 30.4. The number of carbonyl (C=O) groups excluding carboxylic acids is 3. The Kier molecular flexibility index (Phi) is 49.1. The fourth-order valence-electron chi connectivity index (χ4n) is 8.57. The molecule has 6 nitrogen and oxygen atoms in total. The van der Waals surface area contributed by atoms with Crippen LogP contribution in [0.3, 0.4) is 0 Å². The summed E-state index contributed by atoms with van der Waals surface area (Å²) in [5.41, 5.74) is 0. The maximum atomic E-state index is 12.8. The van der Waals surface area contributed by atoms with Gasteiger partial charge in [-0.1, -0.05) is 278 Å². The van der Waals surface area contributed by atoms with E-state index in [4.69, 9.17) is 14.2 Å². The summed E-state index contributed by atoms with van der Waals surface area (Å²) < 4.78 is 16.8. The van der Waals surface area contributed by atoms with Gasteiger partial charge < -0.3 is 14.2 Å². The molecular weight excluding hydrogens is 769 g/mol. The third kappa shape index (κ3) is 49.4. The van der Waals surface area contributed by atoms with Gasteiger partial charge in [0.25, 0.3) is 0 Å². The van der Waals surface area contributed by atoms with E-state index in [1.807, 2.05) is 0 Å². The molecule has 0 saturated carbocycles. The SMILES string of the molecule is CCCCCCCCCCCCCCCCCC(=O)O[C@@H](COC(=O)CCCCCCCCCCCC)COC(=O)CCCCCCCCCCCCCCCCCCC(C)C. The van der Waals surface area contributed by atoms with E-state index in [0.29, 0.717) is 19.3 Å². The van der Waals surface area contributed by atoms with Crippen molar-refractivity contribution in [2.45, 2.75) is 323 Å². The van der Waals surface area contributed by atoms with Crippen LogP contribution in [0.1, 0.15) is 317 Å². The van der Waals surface area contributed by atoms with Crippen molar-refractivity contribution in [3.8, 4) is 0 Å². The zero-order chi connectivity index (χ0) is 45.2. The second kappa shape index (κ2) is 50.4. The van der Waals surface area contributed by atoms with Crippen LogP contribution in [0.25, 0.3) is 0 Å². The van der Waals surface area contributed by atoms with Crippen LogP contribution in [0.2, 0.25) is 0 Å². The molecule has 0 rings (SSSR count). The fourth-order valence-corrected chi connectivity index (χ4v) is 8.57. The largest absolute Gasteiger partial charge is 0.462 e. The highest BCUT2D eigenvalue weighted by Gasteiger charge is 2.19. The van der Waals surface area contributed by atoms with Crippen LogP contribution in [0.15, 0.2) is 0 Å². The van der Waals surface area contributed by atoms with E-state index >= 15 is 0 Å². The Labute approximate surface area is 387 Å². The maximum Gasteiger partial charge on any atom is 0.306 e. The van der Waals surface area contributed by atoms with E-state index in [2.05, 4.69) is 27.7 Å². The van der Waals surface area contributed by atoms with Gasteiger partial charge >= 0.3 is 17.9 Å². The van der Waals surface area contributed by atoms with Crippen molar-refractivity contribution < 1.29 is 28.6 Å². The molecule has 0 heterocycles. The average Bonchev–Trinajstić information content (AvgIpc) is 3.26. The van der Waals surface area contributed by atoms with Crippen LogP contribution >= 0.6 is 0 Å². The average molecular weight is 877 g/mol. The van der Waals surface area contributed by atoms with Gasteiger partial charge in [0.05, 0.1) is 0 Å². The number of esters is 3. The Morgan fingerprint density at radius 3 is 0.790 bits per heavy atom. The van der Waals surface area contributed by atoms with Crippen molar-refractivity contribution >= 4 is 17.9 Å². The van der Waals surface area contributed by atoms with Crippen molar-refractivity contribution in [1.29, 1.82) is 0 Å². The zero-order valence-corrected chi connectivity index (χ0v) is 42.3. The van der Waals surface area contributed by atoms with Gasteiger partial charge in [0.2, 0.25) is 0 Å². The van der Waals surface area contributed by atoms with E-state index in [0.717, 1.165) is 63.7 Å². The highest BCUT2D eigenvalue weighted by atomic mass is 16.6. The Hall–Kier alpha value is -1.59. The lowest BCUT2D eigenvalue weighted by molar-refractivity contribution is -0.167. The number of carbonyl (C=O) groups is 3. The first kappa shape index (κ1) is 60.4. The Bertz CT molecular complexity index is 933. The van der Waals surface area contributed by atoms with Gasteiger partial charge in [-0.2, -0.15) is 0 Å². The lowest BCUT2D eigenvalue weighted by Crippen LogP contribution is -2.30. The molecule has 0 aliphatic carbocycles.